The topological polar surface area (TPSA) is 66.4 Å². The molecular formula is C14H18BrNO3. The zero-order valence-electron chi connectivity index (χ0n) is 11.1. The van der Waals surface area contributed by atoms with Crippen molar-refractivity contribution < 1.29 is 14.7 Å². The normalized spacial score (nSPS) is 11.1. The van der Waals surface area contributed by atoms with Gasteiger partial charge in [0.2, 0.25) is 0 Å². The fourth-order valence-electron chi connectivity index (χ4n) is 1.87. The molecule has 5 heteroatoms. The maximum absolute atomic E-state index is 12.0. The van der Waals surface area contributed by atoms with Crippen molar-refractivity contribution in [1.82, 2.24) is 5.32 Å². The van der Waals surface area contributed by atoms with Crippen molar-refractivity contribution in [1.29, 1.82) is 0 Å². The molecule has 0 unspecified atom stereocenters. The molecule has 0 aromatic heterocycles. The Morgan fingerprint density at radius 1 is 1.26 bits per heavy atom. The third-order valence-electron chi connectivity index (χ3n) is 3.51. The highest BCUT2D eigenvalue weighted by molar-refractivity contribution is 9.10. The van der Waals surface area contributed by atoms with Gasteiger partial charge in [-0.2, -0.15) is 0 Å². The van der Waals surface area contributed by atoms with Gasteiger partial charge in [-0.05, 0) is 40.9 Å². The van der Waals surface area contributed by atoms with Crippen LogP contribution in [-0.2, 0) is 4.79 Å². The molecule has 19 heavy (non-hydrogen) atoms. The molecule has 0 radical (unpaired) electrons. The average molecular weight is 328 g/mol. The number of halogens is 1. The fourth-order valence-corrected chi connectivity index (χ4v) is 2.33. The van der Waals surface area contributed by atoms with Crippen LogP contribution in [0.15, 0.2) is 28.7 Å². The molecule has 1 rings (SSSR count). The van der Waals surface area contributed by atoms with E-state index in [-0.39, 0.29) is 12.5 Å². The lowest BCUT2D eigenvalue weighted by Crippen LogP contribution is -2.42. The molecule has 0 saturated heterocycles. The first kappa shape index (κ1) is 15.7. The van der Waals surface area contributed by atoms with E-state index >= 15 is 0 Å². The Labute approximate surface area is 121 Å². The highest BCUT2D eigenvalue weighted by atomic mass is 79.9. The molecule has 1 amide bonds. The SMILES string of the molecule is CCC(CC)(CNC(=O)c1ccccc1Br)C(=O)O. The predicted molar refractivity (Wildman–Crippen MR) is 77.1 cm³/mol. The van der Waals surface area contributed by atoms with Crippen LogP contribution >= 0.6 is 15.9 Å². The minimum absolute atomic E-state index is 0.134. The van der Waals surface area contributed by atoms with E-state index in [1.54, 1.807) is 18.2 Å². The summed E-state index contributed by atoms with van der Waals surface area (Å²) in [6, 6.07) is 7.06. The minimum atomic E-state index is -0.892. The van der Waals surface area contributed by atoms with Crippen molar-refractivity contribution in [2.45, 2.75) is 26.7 Å². The van der Waals surface area contributed by atoms with Crippen LogP contribution in [-0.4, -0.2) is 23.5 Å². The summed E-state index contributed by atoms with van der Waals surface area (Å²) in [5.41, 5.74) is -0.384. The van der Waals surface area contributed by atoms with E-state index in [0.29, 0.717) is 22.9 Å². The molecule has 0 spiro atoms. The Morgan fingerprint density at radius 3 is 2.32 bits per heavy atom. The van der Waals surface area contributed by atoms with Crippen molar-refractivity contribution >= 4 is 27.8 Å². The van der Waals surface area contributed by atoms with E-state index in [4.69, 9.17) is 0 Å². The molecule has 2 N–H and O–H groups in total. The Balaban J connectivity index is 2.79. The molecule has 104 valence electrons. The van der Waals surface area contributed by atoms with Crippen LogP contribution in [0.2, 0.25) is 0 Å². The molecule has 0 fully saturated rings. The smallest absolute Gasteiger partial charge is 0.311 e. The molecule has 0 aliphatic rings. The van der Waals surface area contributed by atoms with Crippen LogP contribution < -0.4 is 5.32 Å². The molecule has 0 heterocycles. The number of carboxylic acids is 1. The van der Waals surface area contributed by atoms with E-state index in [0.717, 1.165) is 0 Å². The van der Waals surface area contributed by atoms with Crippen LogP contribution in [0.5, 0.6) is 0 Å². The zero-order valence-corrected chi connectivity index (χ0v) is 12.7. The van der Waals surface area contributed by atoms with Crippen LogP contribution in [0.3, 0.4) is 0 Å². The van der Waals surface area contributed by atoms with Gasteiger partial charge >= 0.3 is 5.97 Å². The van der Waals surface area contributed by atoms with E-state index in [9.17, 15) is 14.7 Å². The van der Waals surface area contributed by atoms with Crippen molar-refractivity contribution in [3.8, 4) is 0 Å². The molecule has 0 atom stereocenters. The monoisotopic (exact) mass is 327 g/mol. The number of benzene rings is 1. The number of hydrogen-bond donors (Lipinski definition) is 2. The lowest BCUT2D eigenvalue weighted by atomic mass is 9.82. The fraction of sp³-hybridized carbons (Fsp3) is 0.429. The van der Waals surface area contributed by atoms with Gasteiger partial charge < -0.3 is 10.4 Å². The van der Waals surface area contributed by atoms with Gasteiger partial charge in [0.15, 0.2) is 0 Å². The first-order valence-corrected chi connectivity index (χ1v) is 7.02. The minimum Gasteiger partial charge on any atom is -0.481 e. The summed E-state index contributed by atoms with van der Waals surface area (Å²) in [6.45, 7) is 3.78. The predicted octanol–water partition coefficient (Wildman–Crippen LogP) is 3.07. The quantitative estimate of drug-likeness (QED) is 0.843. The lowest BCUT2D eigenvalue weighted by molar-refractivity contribution is -0.149. The van der Waals surface area contributed by atoms with Gasteiger partial charge in [0.05, 0.1) is 11.0 Å². The molecule has 0 aliphatic heterocycles. The highest BCUT2D eigenvalue weighted by Crippen LogP contribution is 2.26. The second kappa shape index (κ2) is 6.70. The van der Waals surface area contributed by atoms with Crippen molar-refractivity contribution in [2.24, 2.45) is 5.41 Å². The largest absolute Gasteiger partial charge is 0.481 e. The number of carboxylic acid groups (broad SMARTS) is 1. The molecule has 1 aromatic rings. The maximum atomic E-state index is 12.0. The summed E-state index contributed by atoms with van der Waals surface area (Å²) < 4.78 is 0.696. The number of amides is 1. The van der Waals surface area contributed by atoms with Gasteiger partial charge in [-0.3, -0.25) is 9.59 Å². The lowest BCUT2D eigenvalue weighted by Gasteiger charge is -2.26. The second-order valence-electron chi connectivity index (χ2n) is 4.46. The summed E-state index contributed by atoms with van der Waals surface area (Å²) in [5, 5.41) is 12.0. The van der Waals surface area contributed by atoms with Crippen LogP contribution in [0.4, 0.5) is 0 Å². The zero-order chi connectivity index (χ0) is 14.5. The van der Waals surface area contributed by atoms with E-state index in [1.165, 1.54) is 0 Å². The second-order valence-corrected chi connectivity index (χ2v) is 5.31. The Hall–Kier alpha value is -1.36. The Kier molecular flexibility index (Phi) is 5.54. The summed E-state index contributed by atoms with van der Waals surface area (Å²) >= 11 is 3.30. The molecule has 1 aromatic carbocycles. The van der Waals surface area contributed by atoms with Gasteiger partial charge in [0.1, 0.15) is 0 Å². The van der Waals surface area contributed by atoms with Gasteiger partial charge in [0, 0.05) is 11.0 Å². The van der Waals surface area contributed by atoms with Crippen LogP contribution in [0, 0.1) is 5.41 Å². The van der Waals surface area contributed by atoms with E-state index < -0.39 is 11.4 Å². The summed E-state index contributed by atoms with van der Waals surface area (Å²) in [4.78, 5) is 23.4. The first-order valence-electron chi connectivity index (χ1n) is 6.23. The molecule has 4 nitrogen and oxygen atoms in total. The highest BCUT2D eigenvalue weighted by Gasteiger charge is 2.35. The standard InChI is InChI=1S/C14H18BrNO3/c1-3-14(4-2,13(18)19)9-16-12(17)10-7-5-6-8-11(10)15/h5-8H,3-4,9H2,1-2H3,(H,16,17)(H,18,19). The van der Waals surface area contributed by atoms with Crippen LogP contribution in [0.1, 0.15) is 37.0 Å². The van der Waals surface area contributed by atoms with Crippen molar-refractivity contribution in [2.75, 3.05) is 6.54 Å². The van der Waals surface area contributed by atoms with Gasteiger partial charge in [-0.15, -0.1) is 0 Å². The molecule has 0 saturated carbocycles. The summed E-state index contributed by atoms with van der Waals surface area (Å²) in [5.74, 6) is -1.13. The number of carbonyl (C=O) groups is 2. The van der Waals surface area contributed by atoms with E-state index in [2.05, 4.69) is 21.2 Å². The van der Waals surface area contributed by atoms with Gasteiger partial charge in [-0.25, -0.2) is 0 Å². The van der Waals surface area contributed by atoms with Crippen molar-refractivity contribution in [3.63, 3.8) is 0 Å². The summed E-state index contributed by atoms with van der Waals surface area (Å²) in [6.07, 6.45) is 0.962. The Morgan fingerprint density at radius 2 is 1.84 bits per heavy atom. The number of aliphatic carboxylic acids is 1. The number of carbonyl (C=O) groups excluding carboxylic acids is 1. The number of hydrogen-bond acceptors (Lipinski definition) is 2. The summed E-state index contributed by atoms with van der Waals surface area (Å²) in [7, 11) is 0. The Bertz CT molecular complexity index is 470. The molecular weight excluding hydrogens is 310 g/mol. The molecule has 0 aliphatic carbocycles. The van der Waals surface area contributed by atoms with Crippen molar-refractivity contribution in [3.05, 3.63) is 34.3 Å². The first-order chi connectivity index (χ1) is 8.96. The average Bonchev–Trinajstić information content (AvgIpc) is 2.40. The number of rotatable bonds is 6. The maximum Gasteiger partial charge on any atom is 0.311 e. The third kappa shape index (κ3) is 3.56. The van der Waals surface area contributed by atoms with Gasteiger partial charge in [0.25, 0.3) is 5.91 Å². The number of nitrogens with one attached hydrogen (secondary N) is 1. The molecule has 0 bridgehead atoms. The van der Waals surface area contributed by atoms with Gasteiger partial charge in [-0.1, -0.05) is 26.0 Å². The third-order valence-corrected chi connectivity index (χ3v) is 4.20. The van der Waals surface area contributed by atoms with E-state index in [1.807, 2.05) is 19.9 Å². The van der Waals surface area contributed by atoms with Crippen LogP contribution in [0.25, 0.3) is 0 Å².